The van der Waals surface area contributed by atoms with Crippen LogP contribution in [-0.2, 0) is 4.79 Å². The number of likely N-dealkylation sites (N-methyl/N-ethyl adjacent to an activating group) is 1. The Morgan fingerprint density at radius 3 is 2.82 bits per heavy atom. The van der Waals surface area contributed by atoms with Crippen molar-refractivity contribution in [3.8, 4) is 17.0 Å². The minimum Gasteiger partial charge on any atom is -0.482 e. The number of carbonyl (C=O) groups excluding carboxylic acids is 2. The van der Waals surface area contributed by atoms with E-state index in [0.717, 1.165) is 21.7 Å². The number of ether oxygens (including phenoxy) is 1. The van der Waals surface area contributed by atoms with E-state index in [4.69, 9.17) is 4.74 Å². The molecule has 2 heterocycles. The van der Waals surface area contributed by atoms with Gasteiger partial charge in [-0.1, -0.05) is 17.7 Å². The Morgan fingerprint density at radius 2 is 2.04 bits per heavy atom. The largest absolute Gasteiger partial charge is 0.482 e. The average Bonchev–Trinajstić information content (AvgIpc) is 3.04. The summed E-state index contributed by atoms with van der Waals surface area (Å²) in [5.41, 5.74) is 3.98. The summed E-state index contributed by atoms with van der Waals surface area (Å²) >= 11 is 1.42. The van der Waals surface area contributed by atoms with E-state index in [9.17, 15) is 9.59 Å². The van der Waals surface area contributed by atoms with E-state index in [1.807, 2.05) is 50.2 Å². The molecule has 4 rings (SSSR count). The van der Waals surface area contributed by atoms with Gasteiger partial charge >= 0.3 is 0 Å². The Hall–Kier alpha value is -3.19. The second-order valence-electron chi connectivity index (χ2n) is 6.67. The number of hydrogen-bond acceptors (Lipinski definition) is 5. The molecule has 7 heteroatoms. The highest BCUT2D eigenvalue weighted by atomic mass is 32.1. The molecular weight excluding hydrogens is 374 g/mol. The second kappa shape index (κ2) is 7.09. The summed E-state index contributed by atoms with van der Waals surface area (Å²) in [5, 5.41) is 3.41. The summed E-state index contributed by atoms with van der Waals surface area (Å²) in [6.45, 7) is 3.96. The molecule has 0 atom stereocenters. The maximum absolute atomic E-state index is 12.5. The predicted molar refractivity (Wildman–Crippen MR) is 110 cm³/mol. The Labute approximate surface area is 166 Å². The zero-order valence-electron chi connectivity index (χ0n) is 15.8. The van der Waals surface area contributed by atoms with Crippen LogP contribution < -0.4 is 15.0 Å². The van der Waals surface area contributed by atoms with Crippen LogP contribution in [0.4, 0.5) is 10.8 Å². The quantitative estimate of drug-likeness (QED) is 0.729. The molecule has 28 heavy (non-hydrogen) atoms. The Morgan fingerprint density at radius 1 is 1.21 bits per heavy atom. The van der Waals surface area contributed by atoms with Gasteiger partial charge < -0.3 is 9.64 Å². The Bertz CT molecular complexity index is 1090. The number of aryl methyl sites for hydroxylation is 2. The third-order valence-electron chi connectivity index (χ3n) is 4.62. The van der Waals surface area contributed by atoms with E-state index < -0.39 is 0 Å². The SMILES string of the molecule is Cc1cccc(C(=O)Nc2nc(-c3ccc4c(c3)N(C)C(=O)CO4)c(C)s2)c1. The van der Waals surface area contributed by atoms with E-state index in [2.05, 4.69) is 10.3 Å². The van der Waals surface area contributed by atoms with Crippen molar-refractivity contribution in [2.75, 3.05) is 23.9 Å². The van der Waals surface area contributed by atoms with Crippen LogP contribution in [0.5, 0.6) is 5.75 Å². The van der Waals surface area contributed by atoms with Crippen molar-refractivity contribution >= 4 is 34.0 Å². The summed E-state index contributed by atoms with van der Waals surface area (Å²) in [6, 6.07) is 13.1. The fourth-order valence-corrected chi connectivity index (χ4v) is 3.92. The van der Waals surface area contributed by atoms with Crippen molar-refractivity contribution in [2.24, 2.45) is 0 Å². The normalized spacial score (nSPS) is 13.1. The van der Waals surface area contributed by atoms with Gasteiger partial charge in [-0.15, -0.1) is 11.3 Å². The van der Waals surface area contributed by atoms with Gasteiger partial charge in [0.25, 0.3) is 11.8 Å². The molecule has 1 N–H and O–H groups in total. The number of nitrogens with zero attached hydrogens (tertiary/aromatic N) is 2. The first-order chi connectivity index (χ1) is 13.4. The van der Waals surface area contributed by atoms with Gasteiger partial charge in [0.1, 0.15) is 5.75 Å². The Balaban J connectivity index is 1.62. The summed E-state index contributed by atoms with van der Waals surface area (Å²) in [5.74, 6) is 0.394. The van der Waals surface area contributed by atoms with Crippen molar-refractivity contribution in [2.45, 2.75) is 13.8 Å². The Kier molecular flexibility index (Phi) is 4.60. The summed E-state index contributed by atoms with van der Waals surface area (Å²) in [7, 11) is 1.73. The van der Waals surface area contributed by atoms with Crippen LogP contribution in [0.25, 0.3) is 11.3 Å². The van der Waals surface area contributed by atoms with Crippen molar-refractivity contribution in [1.29, 1.82) is 0 Å². The van der Waals surface area contributed by atoms with Gasteiger partial charge in [0.2, 0.25) is 0 Å². The van der Waals surface area contributed by atoms with Crippen LogP contribution in [0.2, 0.25) is 0 Å². The number of rotatable bonds is 3. The molecule has 0 radical (unpaired) electrons. The van der Waals surface area contributed by atoms with Gasteiger partial charge in [0, 0.05) is 23.1 Å². The minimum absolute atomic E-state index is 0.0493. The highest BCUT2D eigenvalue weighted by Crippen LogP contribution is 2.37. The lowest BCUT2D eigenvalue weighted by Crippen LogP contribution is -2.35. The monoisotopic (exact) mass is 393 g/mol. The molecule has 2 aromatic carbocycles. The fourth-order valence-electron chi connectivity index (χ4n) is 3.09. The van der Waals surface area contributed by atoms with Gasteiger partial charge in [-0.3, -0.25) is 14.9 Å². The molecule has 0 spiro atoms. The topological polar surface area (TPSA) is 71.5 Å². The van der Waals surface area contributed by atoms with Gasteiger partial charge in [-0.2, -0.15) is 0 Å². The minimum atomic E-state index is -0.187. The van der Waals surface area contributed by atoms with Crippen LogP contribution in [0, 0.1) is 13.8 Å². The molecule has 0 unspecified atom stereocenters. The lowest BCUT2D eigenvalue weighted by atomic mass is 10.1. The third kappa shape index (κ3) is 3.36. The van der Waals surface area contributed by atoms with Crippen LogP contribution in [0.15, 0.2) is 42.5 Å². The maximum atomic E-state index is 12.5. The van der Waals surface area contributed by atoms with Gasteiger partial charge in [-0.25, -0.2) is 4.98 Å². The molecular formula is C21H19N3O3S. The standard InChI is InChI=1S/C21H19N3O3S/c1-12-5-4-6-15(9-12)20(26)23-21-22-19(13(2)28-21)14-7-8-17-16(10-14)24(3)18(25)11-27-17/h4-10H,11H2,1-3H3,(H,22,23,26). The van der Waals surface area contributed by atoms with Crippen molar-refractivity contribution in [1.82, 2.24) is 4.98 Å². The van der Waals surface area contributed by atoms with Crippen molar-refractivity contribution in [3.63, 3.8) is 0 Å². The molecule has 0 saturated heterocycles. The summed E-state index contributed by atoms with van der Waals surface area (Å²) < 4.78 is 5.48. The number of nitrogens with one attached hydrogen (secondary N) is 1. The van der Waals surface area contributed by atoms with E-state index >= 15 is 0 Å². The molecule has 0 saturated carbocycles. The number of benzene rings is 2. The third-order valence-corrected chi connectivity index (χ3v) is 5.50. The molecule has 3 aromatic rings. The molecule has 1 aromatic heterocycles. The first-order valence-corrected chi connectivity index (χ1v) is 9.63. The zero-order chi connectivity index (χ0) is 19.8. The number of anilines is 2. The smallest absolute Gasteiger partial charge is 0.264 e. The number of thiazole rings is 1. The fraction of sp³-hybridized carbons (Fsp3) is 0.190. The second-order valence-corrected chi connectivity index (χ2v) is 7.87. The molecule has 0 aliphatic carbocycles. The van der Waals surface area contributed by atoms with Crippen molar-refractivity contribution < 1.29 is 14.3 Å². The van der Waals surface area contributed by atoms with E-state index in [0.29, 0.717) is 22.1 Å². The highest BCUT2D eigenvalue weighted by molar-refractivity contribution is 7.16. The molecule has 6 nitrogen and oxygen atoms in total. The number of carbonyl (C=O) groups is 2. The number of aromatic nitrogens is 1. The molecule has 1 aliphatic heterocycles. The van der Waals surface area contributed by atoms with Gasteiger partial charge in [0.15, 0.2) is 11.7 Å². The highest BCUT2D eigenvalue weighted by Gasteiger charge is 2.23. The molecule has 0 fully saturated rings. The van der Waals surface area contributed by atoms with E-state index in [1.165, 1.54) is 11.3 Å². The molecule has 2 amide bonds. The lowest BCUT2D eigenvalue weighted by molar-refractivity contribution is -0.120. The number of fused-ring (bicyclic) bond motifs is 1. The number of amides is 2. The molecule has 0 bridgehead atoms. The van der Waals surface area contributed by atoms with Gasteiger partial charge in [-0.05, 0) is 44.2 Å². The summed E-state index contributed by atoms with van der Waals surface area (Å²) in [4.78, 5) is 31.6. The summed E-state index contributed by atoms with van der Waals surface area (Å²) in [6.07, 6.45) is 0. The predicted octanol–water partition coefficient (Wildman–Crippen LogP) is 4.03. The molecule has 142 valence electrons. The van der Waals surface area contributed by atoms with Crippen LogP contribution in [-0.4, -0.2) is 30.5 Å². The lowest BCUT2D eigenvalue weighted by Gasteiger charge is -2.26. The van der Waals surface area contributed by atoms with E-state index in [-0.39, 0.29) is 18.4 Å². The first-order valence-electron chi connectivity index (χ1n) is 8.81. The maximum Gasteiger partial charge on any atom is 0.264 e. The number of hydrogen-bond donors (Lipinski definition) is 1. The average molecular weight is 393 g/mol. The molecule has 1 aliphatic rings. The van der Waals surface area contributed by atoms with Crippen molar-refractivity contribution in [3.05, 3.63) is 58.5 Å². The van der Waals surface area contributed by atoms with E-state index in [1.54, 1.807) is 18.0 Å². The van der Waals surface area contributed by atoms with Gasteiger partial charge in [0.05, 0.1) is 11.4 Å². The van der Waals surface area contributed by atoms with Crippen LogP contribution in [0.3, 0.4) is 0 Å². The van der Waals surface area contributed by atoms with Crippen LogP contribution in [0.1, 0.15) is 20.8 Å². The van der Waals surface area contributed by atoms with Crippen LogP contribution >= 0.6 is 11.3 Å². The first kappa shape index (κ1) is 18.2. The zero-order valence-corrected chi connectivity index (χ0v) is 16.6.